The SMILES string of the molecule is O=C(Nc1ccc(Cl)nc1)c1csc(C2CCN(C(=O)c3ccc4nonc4c3)CC2)n1. The fourth-order valence-electron chi connectivity index (χ4n) is 3.65. The van der Waals surface area contributed by atoms with Gasteiger partial charge in [0, 0.05) is 30.0 Å². The summed E-state index contributed by atoms with van der Waals surface area (Å²) in [5.41, 5.74) is 2.68. The number of carbonyl (C=O) groups excluding carboxylic acids is 2. The Morgan fingerprint density at radius 3 is 2.72 bits per heavy atom. The van der Waals surface area contributed by atoms with E-state index in [4.69, 9.17) is 16.2 Å². The van der Waals surface area contributed by atoms with Crippen LogP contribution in [0.2, 0.25) is 5.15 Å². The number of piperidine rings is 1. The van der Waals surface area contributed by atoms with Crippen molar-refractivity contribution in [3.05, 3.63) is 63.3 Å². The van der Waals surface area contributed by atoms with Gasteiger partial charge in [-0.05, 0) is 53.5 Å². The Kier molecular flexibility index (Phi) is 5.54. The molecule has 0 saturated carbocycles. The van der Waals surface area contributed by atoms with E-state index in [1.807, 2.05) is 4.90 Å². The lowest BCUT2D eigenvalue weighted by Gasteiger charge is -2.31. The summed E-state index contributed by atoms with van der Waals surface area (Å²) in [7, 11) is 0. The van der Waals surface area contributed by atoms with Gasteiger partial charge in [0.25, 0.3) is 11.8 Å². The second-order valence-corrected chi connectivity index (χ2v) is 8.71. The Bertz CT molecular complexity index is 1280. The minimum atomic E-state index is -0.290. The van der Waals surface area contributed by atoms with Crippen molar-refractivity contribution in [1.29, 1.82) is 0 Å². The fraction of sp³-hybridized carbons (Fsp3) is 0.238. The summed E-state index contributed by atoms with van der Waals surface area (Å²) in [5.74, 6) is -0.115. The number of pyridine rings is 1. The Hall–Kier alpha value is -3.37. The van der Waals surface area contributed by atoms with E-state index in [-0.39, 0.29) is 17.7 Å². The molecule has 0 atom stereocenters. The molecule has 1 saturated heterocycles. The van der Waals surface area contributed by atoms with Crippen LogP contribution in [-0.4, -0.2) is 50.1 Å². The topological polar surface area (TPSA) is 114 Å². The van der Waals surface area contributed by atoms with Gasteiger partial charge in [0.2, 0.25) is 0 Å². The summed E-state index contributed by atoms with van der Waals surface area (Å²) in [4.78, 5) is 35.7. The molecule has 1 aliphatic rings. The molecular weight excluding hydrogens is 452 g/mol. The Balaban J connectivity index is 1.20. The van der Waals surface area contributed by atoms with Crippen LogP contribution in [0, 0.1) is 0 Å². The monoisotopic (exact) mass is 468 g/mol. The van der Waals surface area contributed by atoms with Gasteiger partial charge in [-0.1, -0.05) is 11.6 Å². The number of nitrogens with one attached hydrogen (secondary N) is 1. The first-order chi connectivity index (χ1) is 15.6. The Morgan fingerprint density at radius 1 is 1.12 bits per heavy atom. The molecule has 0 bridgehead atoms. The van der Waals surface area contributed by atoms with E-state index in [0.29, 0.717) is 46.2 Å². The van der Waals surface area contributed by atoms with E-state index in [2.05, 4.69) is 25.6 Å². The maximum absolute atomic E-state index is 12.9. The highest BCUT2D eigenvalue weighted by atomic mass is 35.5. The molecule has 4 heterocycles. The average molecular weight is 469 g/mol. The molecule has 0 radical (unpaired) electrons. The van der Waals surface area contributed by atoms with Crippen molar-refractivity contribution in [1.82, 2.24) is 25.2 Å². The minimum Gasteiger partial charge on any atom is -0.339 e. The van der Waals surface area contributed by atoms with Crippen molar-refractivity contribution in [2.24, 2.45) is 0 Å². The van der Waals surface area contributed by atoms with Crippen molar-refractivity contribution in [2.75, 3.05) is 18.4 Å². The second-order valence-electron chi connectivity index (χ2n) is 7.43. The van der Waals surface area contributed by atoms with Gasteiger partial charge in [-0.25, -0.2) is 14.6 Å². The smallest absolute Gasteiger partial charge is 0.275 e. The normalized spacial score (nSPS) is 14.6. The van der Waals surface area contributed by atoms with Crippen molar-refractivity contribution < 1.29 is 14.2 Å². The Labute approximate surface area is 191 Å². The summed E-state index contributed by atoms with van der Waals surface area (Å²) in [5, 5.41) is 13.4. The number of thiazole rings is 1. The largest absolute Gasteiger partial charge is 0.339 e. The van der Waals surface area contributed by atoms with Crippen molar-refractivity contribution >= 4 is 51.5 Å². The standard InChI is InChI=1S/C21H17ClN6O3S/c22-18-4-2-14(10-23-18)24-19(29)17-11-32-20(25-17)12-5-7-28(8-6-12)21(30)13-1-3-15-16(9-13)27-31-26-15/h1-4,9-12H,5-8H2,(H,24,29). The van der Waals surface area contributed by atoms with Crippen LogP contribution in [0.1, 0.15) is 44.6 Å². The van der Waals surface area contributed by atoms with Gasteiger partial charge < -0.3 is 10.2 Å². The third-order valence-corrected chi connectivity index (χ3v) is 6.60. The number of anilines is 1. The lowest BCUT2D eigenvalue weighted by Crippen LogP contribution is -2.37. The summed E-state index contributed by atoms with van der Waals surface area (Å²) >= 11 is 7.24. The lowest BCUT2D eigenvalue weighted by atomic mass is 9.97. The van der Waals surface area contributed by atoms with E-state index in [9.17, 15) is 9.59 Å². The van der Waals surface area contributed by atoms with E-state index in [0.717, 1.165) is 17.8 Å². The number of hydrogen-bond donors (Lipinski definition) is 1. The minimum absolute atomic E-state index is 0.0378. The van der Waals surface area contributed by atoms with Gasteiger partial charge in [-0.2, -0.15) is 0 Å². The Morgan fingerprint density at radius 2 is 1.94 bits per heavy atom. The van der Waals surface area contributed by atoms with Crippen LogP contribution < -0.4 is 5.32 Å². The van der Waals surface area contributed by atoms with E-state index in [1.54, 1.807) is 35.7 Å². The summed E-state index contributed by atoms with van der Waals surface area (Å²) in [6, 6.07) is 8.46. The molecule has 1 aromatic carbocycles. The number of nitrogens with zero attached hydrogens (tertiary/aromatic N) is 5. The molecule has 0 spiro atoms. The highest BCUT2D eigenvalue weighted by Gasteiger charge is 2.27. The van der Waals surface area contributed by atoms with Crippen LogP contribution in [0.15, 0.2) is 46.5 Å². The van der Waals surface area contributed by atoms with Crippen LogP contribution in [-0.2, 0) is 0 Å². The van der Waals surface area contributed by atoms with Gasteiger partial charge in [0.1, 0.15) is 21.9 Å². The molecule has 162 valence electrons. The van der Waals surface area contributed by atoms with Crippen LogP contribution in [0.25, 0.3) is 11.0 Å². The van der Waals surface area contributed by atoms with Gasteiger partial charge >= 0.3 is 0 Å². The van der Waals surface area contributed by atoms with Crippen LogP contribution in [0.4, 0.5) is 5.69 Å². The first kappa shape index (κ1) is 20.5. The molecule has 0 aliphatic carbocycles. The fourth-order valence-corrected chi connectivity index (χ4v) is 4.73. The third-order valence-electron chi connectivity index (χ3n) is 5.37. The number of halogens is 1. The molecule has 3 aromatic heterocycles. The van der Waals surface area contributed by atoms with Crippen molar-refractivity contribution in [3.63, 3.8) is 0 Å². The van der Waals surface area contributed by atoms with E-state index >= 15 is 0 Å². The predicted molar refractivity (Wildman–Crippen MR) is 119 cm³/mol. The predicted octanol–water partition coefficient (Wildman–Crippen LogP) is 4.00. The van der Waals surface area contributed by atoms with Gasteiger partial charge in [-0.3, -0.25) is 9.59 Å². The van der Waals surface area contributed by atoms with Crippen molar-refractivity contribution in [2.45, 2.75) is 18.8 Å². The van der Waals surface area contributed by atoms with Gasteiger partial charge in [0.05, 0.1) is 16.9 Å². The van der Waals surface area contributed by atoms with Gasteiger partial charge in [0.15, 0.2) is 0 Å². The molecule has 1 aliphatic heterocycles. The highest BCUT2D eigenvalue weighted by Crippen LogP contribution is 2.31. The number of fused-ring (bicyclic) bond motifs is 1. The number of rotatable bonds is 4. The summed E-state index contributed by atoms with van der Waals surface area (Å²) in [6.45, 7) is 1.24. The van der Waals surface area contributed by atoms with Crippen LogP contribution in [0.3, 0.4) is 0 Å². The zero-order valence-electron chi connectivity index (χ0n) is 16.7. The second kappa shape index (κ2) is 8.64. The quantitative estimate of drug-likeness (QED) is 0.450. The third kappa shape index (κ3) is 4.19. The van der Waals surface area contributed by atoms with E-state index in [1.165, 1.54) is 17.5 Å². The molecule has 1 fully saturated rings. The maximum Gasteiger partial charge on any atom is 0.275 e. The molecule has 5 rings (SSSR count). The number of hydrogen-bond acceptors (Lipinski definition) is 8. The zero-order valence-corrected chi connectivity index (χ0v) is 18.3. The van der Waals surface area contributed by atoms with Crippen LogP contribution in [0.5, 0.6) is 0 Å². The van der Waals surface area contributed by atoms with Crippen molar-refractivity contribution in [3.8, 4) is 0 Å². The molecule has 11 heteroatoms. The average Bonchev–Trinajstić information content (AvgIpc) is 3.50. The first-order valence-corrected chi connectivity index (χ1v) is 11.2. The van der Waals surface area contributed by atoms with Crippen LogP contribution >= 0.6 is 22.9 Å². The zero-order chi connectivity index (χ0) is 22.1. The maximum atomic E-state index is 12.9. The first-order valence-electron chi connectivity index (χ1n) is 9.97. The number of benzene rings is 1. The summed E-state index contributed by atoms with van der Waals surface area (Å²) < 4.78 is 4.70. The molecule has 4 aromatic rings. The molecular formula is C21H17ClN6O3S. The highest BCUT2D eigenvalue weighted by molar-refractivity contribution is 7.10. The summed E-state index contributed by atoms with van der Waals surface area (Å²) in [6.07, 6.45) is 3.07. The number of likely N-dealkylation sites (tertiary alicyclic amines) is 1. The van der Waals surface area contributed by atoms with E-state index < -0.39 is 0 Å². The molecule has 1 N–H and O–H groups in total. The molecule has 0 unspecified atom stereocenters. The molecule has 2 amide bonds. The molecule has 9 nitrogen and oxygen atoms in total. The number of aromatic nitrogens is 4. The molecule has 32 heavy (non-hydrogen) atoms. The number of amides is 2. The van der Waals surface area contributed by atoms with Gasteiger partial charge in [-0.15, -0.1) is 11.3 Å². The number of carbonyl (C=O) groups is 2. The lowest BCUT2D eigenvalue weighted by molar-refractivity contribution is 0.0713.